The highest BCUT2D eigenvalue weighted by Gasteiger charge is 2.28. The molecule has 0 rings (SSSR count). The van der Waals surface area contributed by atoms with Gasteiger partial charge in [-0.1, -0.05) is 239 Å². The molecule has 0 aliphatic rings. The number of carbonyl (C=O) groups excluding carboxylic acids is 1. The standard InChI is InChI=1S/C49H101N2O6P/c1-6-8-10-12-14-16-18-20-22-23-24-25-26-27-28-29-31-33-35-37-39-41-43-49(53)50-47(46-57-58(54,55)56-45-44-51(3,4)5)48(52)42-40-38-36-34-32-30-21-19-17-15-13-11-9-7-2/h47-48,52H,6-46H2,1-5H3,(H-,50,53,54,55)/p+1. The third kappa shape index (κ3) is 43.6. The number of hydrogen-bond acceptors (Lipinski definition) is 5. The number of aliphatic hydroxyl groups excluding tert-OH is 1. The fraction of sp³-hybridized carbons (Fsp3) is 0.980. The molecule has 0 saturated carbocycles. The second-order valence-corrected chi connectivity index (χ2v) is 20.4. The number of nitrogens with one attached hydrogen (secondary N) is 1. The molecule has 348 valence electrons. The van der Waals surface area contributed by atoms with Gasteiger partial charge in [0.2, 0.25) is 5.91 Å². The van der Waals surface area contributed by atoms with Crippen molar-refractivity contribution < 1.29 is 32.9 Å². The van der Waals surface area contributed by atoms with Crippen LogP contribution in [0.4, 0.5) is 0 Å². The molecule has 8 nitrogen and oxygen atoms in total. The number of unbranched alkanes of at least 4 members (excludes halogenated alkanes) is 34. The number of likely N-dealkylation sites (N-methyl/N-ethyl adjacent to an activating group) is 1. The van der Waals surface area contributed by atoms with Gasteiger partial charge in [-0.2, -0.15) is 0 Å². The Hall–Kier alpha value is -0.500. The quantitative estimate of drug-likeness (QED) is 0.0320. The summed E-state index contributed by atoms with van der Waals surface area (Å²) in [4.78, 5) is 23.2. The van der Waals surface area contributed by atoms with Crippen molar-refractivity contribution in [2.45, 2.75) is 270 Å². The summed E-state index contributed by atoms with van der Waals surface area (Å²) in [5.41, 5.74) is 0. The predicted octanol–water partition coefficient (Wildman–Crippen LogP) is 14.5. The topological polar surface area (TPSA) is 105 Å². The van der Waals surface area contributed by atoms with Gasteiger partial charge >= 0.3 is 7.82 Å². The summed E-state index contributed by atoms with van der Waals surface area (Å²) >= 11 is 0. The van der Waals surface area contributed by atoms with Gasteiger partial charge in [-0.05, 0) is 12.8 Å². The Morgan fingerprint density at radius 2 is 0.828 bits per heavy atom. The summed E-state index contributed by atoms with van der Waals surface area (Å²) in [6.45, 7) is 4.92. The van der Waals surface area contributed by atoms with E-state index in [1.54, 1.807) is 0 Å². The average molecular weight is 846 g/mol. The molecule has 0 spiro atoms. The third-order valence-corrected chi connectivity index (χ3v) is 12.8. The minimum absolute atomic E-state index is 0.0788. The fourth-order valence-electron chi connectivity index (χ4n) is 7.81. The number of phosphoric acid groups is 1. The van der Waals surface area contributed by atoms with Crippen LogP contribution in [0, 0.1) is 0 Å². The molecule has 3 N–H and O–H groups in total. The monoisotopic (exact) mass is 846 g/mol. The minimum Gasteiger partial charge on any atom is -0.391 e. The van der Waals surface area contributed by atoms with Crippen molar-refractivity contribution in [1.82, 2.24) is 5.32 Å². The molecular weight excluding hydrogens is 744 g/mol. The van der Waals surface area contributed by atoms with Crippen LogP contribution in [0.3, 0.4) is 0 Å². The van der Waals surface area contributed by atoms with Crippen molar-refractivity contribution in [3.8, 4) is 0 Å². The van der Waals surface area contributed by atoms with Crippen LogP contribution in [0.1, 0.15) is 258 Å². The van der Waals surface area contributed by atoms with E-state index in [0.717, 1.165) is 38.5 Å². The minimum atomic E-state index is -4.31. The van der Waals surface area contributed by atoms with Crippen LogP contribution in [-0.2, 0) is 18.4 Å². The fourth-order valence-corrected chi connectivity index (χ4v) is 8.55. The molecule has 0 aromatic carbocycles. The lowest BCUT2D eigenvalue weighted by atomic mass is 10.0. The summed E-state index contributed by atoms with van der Waals surface area (Å²) in [5.74, 6) is -0.138. The molecule has 0 fully saturated rings. The van der Waals surface area contributed by atoms with Gasteiger partial charge in [-0.3, -0.25) is 13.8 Å². The van der Waals surface area contributed by atoms with Crippen LogP contribution in [-0.4, -0.2) is 73.4 Å². The van der Waals surface area contributed by atoms with E-state index in [4.69, 9.17) is 9.05 Å². The predicted molar refractivity (Wildman–Crippen MR) is 249 cm³/mol. The molecule has 0 aromatic rings. The van der Waals surface area contributed by atoms with Gasteiger partial charge < -0.3 is 19.8 Å². The molecule has 9 heteroatoms. The Kier molecular flexibility index (Phi) is 41.5. The molecule has 0 heterocycles. The molecule has 0 aromatic heterocycles. The molecular formula is C49H102N2O6P+. The smallest absolute Gasteiger partial charge is 0.391 e. The molecule has 0 saturated heterocycles. The Balaban J connectivity index is 4.18. The van der Waals surface area contributed by atoms with Gasteiger partial charge in [0.25, 0.3) is 0 Å². The number of carbonyl (C=O) groups is 1. The highest BCUT2D eigenvalue weighted by atomic mass is 31.2. The lowest BCUT2D eigenvalue weighted by Gasteiger charge is -2.26. The van der Waals surface area contributed by atoms with E-state index in [-0.39, 0.29) is 19.1 Å². The normalized spacial score (nSPS) is 14.1. The zero-order valence-corrected chi connectivity index (χ0v) is 40.5. The first-order chi connectivity index (χ1) is 28.0. The van der Waals surface area contributed by atoms with Gasteiger partial charge in [0.05, 0.1) is 39.9 Å². The van der Waals surface area contributed by atoms with Crippen LogP contribution < -0.4 is 5.32 Å². The number of phosphoric ester groups is 1. The van der Waals surface area contributed by atoms with E-state index in [2.05, 4.69) is 19.2 Å². The number of rotatable bonds is 47. The Morgan fingerprint density at radius 1 is 0.517 bits per heavy atom. The lowest BCUT2D eigenvalue weighted by molar-refractivity contribution is -0.870. The second-order valence-electron chi connectivity index (χ2n) is 18.9. The van der Waals surface area contributed by atoms with Crippen molar-refractivity contribution in [2.75, 3.05) is 40.9 Å². The number of aliphatic hydroxyl groups is 1. The van der Waals surface area contributed by atoms with Crippen molar-refractivity contribution in [3.05, 3.63) is 0 Å². The van der Waals surface area contributed by atoms with Gasteiger partial charge in [-0.25, -0.2) is 4.57 Å². The first-order valence-corrected chi connectivity index (χ1v) is 26.9. The Bertz CT molecular complexity index is 916. The number of amides is 1. The van der Waals surface area contributed by atoms with Crippen LogP contribution in [0.25, 0.3) is 0 Å². The van der Waals surface area contributed by atoms with Crippen molar-refractivity contribution in [3.63, 3.8) is 0 Å². The summed E-state index contributed by atoms with van der Waals surface area (Å²) in [5, 5.41) is 14.0. The van der Waals surface area contributed by atoms with Crippen molar-refractivity contribution in [2.24, 2.45) is 0 Å². The number of hydrogen-bond donors (Lipinski definition) is 3. The number of nitrogens with zero attached hydrogens (tertiary/aromatic N) is 1. The second kappa shape index (κ2) is 41.8. The van der Waals surface area contributed by atoms with Gasteiger partial charge in [0.15, 0.2) is 0 Å². The van der Waals surface area contributed by atoms with E-state index in [9.17, 15) is 19.4 Å². The lowest BCUT2D eigenvalue weighted by Crippen LogP contribution is -2.46. The zero-order chi connectivity index (χ0) is 42.8. The first kappa shape index (κ1) is 57.5. The Morgan fingerprint density at radius 3 is 1.16 bits per heavy atom. The summed E-state index contributed by atoms with van der Waals surface area (Å²) in [7, 11) is 1.63. The third-order valence-electron chi connectivity index (χ3n) is 11.9. The molecule has 3 unspecified atom stereocenters. The number of quaternary nitrogens is 1. The molecule has 0 bridgehead atoms. The highest BCUT2D eigenvalue weighted by Crippen LogP contribution is 2.43. The molecule has 58 heavy (non-hydrogen) atoms. The van der Waals surface area contributed by atoms with Crippen LogP contribution in [0.5, 0.6) is 0 Å². The average Bonchev–Trinajstić information content (AvgIpc) is 3.17. The maximum atomic E-state index is 12.9. The van der Waals surface area contributed by atoms with E-state index in [1.807, 2.05) is 21.1 Å². The maximum absolute atomic E-state index is 12.9. The molecule has 0 aliphatic heterocycles. The van der Waals surface area contributed by atoms with E-state index in [1.165, 1.54) is 193 Å². The van der Waals surface area contributed by atoms with Gasteiger partial charge in [-0.15, -0.1) is 0 Å². The molecule has 1 amide bonds. The van der Waals surface area contributed by atoms with Crippen LogP contribution in [0.15, 0.2) is 0 Å². The van der Waals surface area contributed by atoms with Gasteiger partial charge in [0, 0.05) is 6.42 Å². The van der Waals surface area contributed by atoms with E-state index in [0.29, 0.717) is 23.9 Å². The van der Waals surface area contributed by atoms with Crippen molar-refractivity contribution >= 4 is 13.7 Å². The first-order valence-electron chi connectivity index (χ1n) is 25.4. The Labute approximate surface area is 361 Å². The van der Waals surface area contributed by atoms with Crippen molar-refractivity contribution in [1.29, 1.82) is 0 Å². The zero-order valence-electron chi connectivity index (χ0n) is 39.6. The maximum Gasteiger partial charge on any atom is 0.472 e. The van der Waals surface area contributed by atoms with Crippen LogP contribution >= 0.6 is 7.82 Å². The highest BCUT2D eigenvalue weighted by molar-refractivity contribution is 7.47. The molecule has 3 atom stereocenters. The molecule has 0 aliphatic carbocycles. The van der Waals surface area contributed by atoms with E-state index < -0.39 is 20.0 Å². The van der Waals surface area contributed by atoms with Gasteiger partial charge in [0.1, 0.15) is 13.2 Å². The SMILES string of the molecule is CCCCCCCCCCCCCCCCCCCCCCCCC(=O)NC(COP(=O)(O)OCC[N+](C)(C)C)C(O)CCCCCCCCCCCCCCCC. The van der Waals surface area contributed by atoms with Crippen LogP contribution in [0.2, 0.25) is 0 Å². The molecule has 0 radical (unpaired) electrons. The largest absolute Gasteiger partial charge is 0.472 e. The summed E-state index contributed by atoms with van der Waals surface area (Å²) < 4.78 is 23.7. The summed E-state index contributed by atoms with van der Waals surface area (Å²) in [6.07, 6.45) is 47.1. The summed E-state index contributed by atoms with van der Waals surface area (Å²) in [6, 6.07) is -0.753. The van der Waals surface area contributed by atoms with E-state index >= 15 is 0 Å².